The summed E-state index contributed by atoms with van der Waals surface area (Å²) in [5.41, 5.74) is 9.64. The molecule has 3 N–H and O–H groups in total. The highest BCUT2D eigenvalue weighted by molar-refractivity contribution is 7.80. The molecule has 4 heteroatoms. The Morgan fingerprint density at radius 2 is 1.90 bits per heavy atom. The lowest BCUT2D eigenvalue weighted by molar-refractivity contribution is 0.475. The Hall–Kier alpha value is -2.07. The number of thiocarbonyl (C=S) groups is 1. The minimum absolute atomic E-state index is 0.262. The monoisotopic (exact) mass is 286 g/mol. The van der Waals surface area contributed by atoms with Crippen LogP contribution >= 0.6 is 12.2 Å². The van der Waals surface area contributed by atoms with Crippen LogP contribution in [0.25, 0.3) is 0 Å². The molecule has 0 radical (unpaired) electrons. The number of phenols is 1. The van der Waals surface area contributed by atoms with Crippen molar-refractivity contribution in [3.05, 3.63) is 53.6 Å². The standard InChI is InChI=1S/C16H18N2OS/c1-3-18(12-5-4-6-14(19)10-12)13-7-8-15(16(17)20)11(2)9-13/h4-10,19H,3H2,1-2H3,(H2,17,20). The predicted molar refractivity (Wildman–Crippen MR) is 87.9 cm³/mol. The quantitative estimate of drug-likeness (QED) is 0.845. The zero-order valence-electron chi connectivity index (χ0n) is 11.6. The molecule has 0 aliphatic heterocycles. The third-order valence-electron chi connectivity index (χ3n) is 3.24. The Bertz CT molecular complexity index is 640. The highest BCUT2D eigenvalue weighted by atomic mass is 32.1. The minimum Gasteiger partial charge on any atom is -0.508 e. The number of hydrogen-bond donors (Lipinski definition) is 2. The van der Waals surface area contributed by atoms with Gasteiger partial charge in [-0.25, -0.2) is 0 Å². The Morgan fingerprint density at radius 1 is 1.20 bits per heavy atom. The van der Waals surface area contributed by atoms with Gasteiger partial charge in [-0.05, 0) is 49.7 Å². The normalized spacial score (nSPS) is 10.3. The molecule has 0 amide bonds. The SMILES string of the molecule is CCN(c1cccc(O)c1)c1ccc(C(N)=S)c(C)c1. The number of phenolic OH excluding ortho intramolecular Hbond substituents is 1. The highest BCUT2D eigenvalue weighted by Gasteiger charge is 2.10. The second kappa shape index (κ2) is 5.92. The number of aryl methyl sites for hydroxylation is 1. The molecular weight excluding hydrogens is 268 g/mol. The largest absolute Gasteiger partial charge is 0.508 e. The fraction of sp³-hybridized carbons (Fsp3) is 0.188. The maximum Gasteiger partial charge on any atom is 0.117 e. The van der Waals surface area contributed by atoms with Gasteiger partial charge < -0.3 is 15.7 Å². The van der Waals surface area contributed by atoms with Gasteiger partial charge in [0.25, 0.3) is 0 Å². The lowest BCUT2D eigenvalue weighted by Crippen LogP contribution is -2.17. The van der Waals surface area contributed by atoms with Gasteiger partial charge in [-0.15, -0.1) is 0 Å². The van der Waals surface area contributed by atoms with Gasteiger partial charge in [0, 0.05) is 29.5 Å². The van der Waals surface area contributed by atoms with E-state index >= 15 is 0 Å². The van der Waals surface area contributed by atoms with Crippen molar-refractivity contribution in [2.24, 2.45) is 5.73 Å². The number of aromatic hydroxyl groups is 1. The van der Waals surface area contributed by atoms with Crippen molar-refractivity contribution in [1.82, 2.24) is 0 Å². The third-order valence-corrected chi connectivity index (χ3v) is 3.46. The molecule has 0 heterocycles. The van der Waals surface area contributed by atoms with E-state index in [0.29, 0.717) is 4.99 Å². The first kappa shape index (κ1) is 14.3. The summed E-state index contributed by atoms with van der Waals surface area (Å²) in [4.78, 5) is 2.53. The molecule has 0 spiro atoms. The molecule has 0 atom stereocenters. The first-order valence-electron chi connectivity index (χ1n) is 6.50. The van der Waals surface area contributed by atoms with Gasteiger partial charge in [-0.1, -0.05) is 18.3 Å². The molecule has 104 valence electrons. The van der Waals surface area contributed by atoms with Crippen molar-refractivity contribution < 1.29 is 5.11 Å². The van der Waals surface area contributed by atoms with Crippen LogP contribution in [0.5, 0.6) is 5.75 Å². The summed E-state index contributed by atoms with van der Waals surface area (Å²) in [5, 5.41) is 9.62. The molecule has 0 saturated carbocycles. The fourth-order valence-corrected chi connectivity index (χ4v) is 2.50. The van der Waals surface area contributed by atoms with Crippen LogP contribution in [0.15, 0.2) is 42.5 Å². The van der Waals surface area contributed by atoms with Crippen molar-refractivity contribution in [1.29, 1.82) is 0 Å². The van der Waals surface area contributed by atoms with E-state index in [4.69, 9.17) is 18.0 Å². The van der Waals surface area contributed by atoms with Gasteiger partial charge in [0.15, 0.2) is 0 Å². The molecule has 3 nitrogen and oxygen atoms in total. The predicted octanol–water partition coefficient (Wildman–Crippen LogP) is 3.49. The van der Waals surface area contributed by atoms with E-state index in [1.165, 1.54) is 0 Å². The van der Waals surface area contributed by atoms with E-state index in [1.54, 1.807) is 12.1 Å². The van der Waals surface area contributed by atoms with Gasteiger partial charge in [0.1, 0.15) is 10.7 Å². The van der Waals surface area contributed by atoms with Crippen LogP contribution in [0.3, 0.4) is 0 Å². The molecule has 0 aromatic heterocycles. The van der Waals surface area contributed by atoms with Crippen LogP contribution in [-0.2, 0) is 0 Å². The number of benzene rings is 2. The molecular formula is C16H18N2OS. The molecule has 0 bridgehead atoms. The maximum absolute atomic E-state index is 9.62. The molecule has 2 rings (SSSR count). The Labute approximate surface area is 124 Å². The van der Waals surface area contributed by atoms with Crippen LogP contribution in [0.2, 0.25) is 0 Å². The number of nitrogens with two attached hydrogens (primary N) is 1. The van der Waals surface area contributed by atoms with E-state index in [-0.39, 0.29) is 5.75 Å². The van der Waals surface area contributed by atoms with Crippen LogP contribution in [0.1, 0.15) is 18.1 Å². The van der Waals surface area contributed by atoms with Gasteiger partial charge in [-0.3, -0.25) is 0 Å². The third kappa shape index (κ3) is 2.91. The summed E-state index contributed by atoms with van der Waals surface area (Å²) in [6.45, 7) is 4.87. The van der Waals surface area contributed by atoms with Crippen molar-refractivity contribution in [3.8, 4) is 5.75 Å². The molecule has 2 aromatic carbocycles. The molecule has 20 heavy (non-hydrogen) atoms. The summed E-state index contributed by atoms with van der Waals surface area (Å²) in [6, 6.07) is 13.2. The molecule has 0 aliphatic rings. The molecule has 0 aliphatic carbocycles. The number of hydrogen-bond acceptors (Lipinski definition) is 3. The zero-order chi connectivity index (χ0) is 14.7. The first-order valence-corrected chi connectivity index (χ1v) is 6.90. The second-order valence-electron chi connectivity index (χ2n) is 4.63. The van der Waals surface area contributed by atoms with Gasteiger partial charge in [0.05, 0.1) is 0 Å². The average Bonchev–Trinajstić information content (AvgIpc) is 2.39. The molecule has 0 fully saturated rings. The lowest BCUT2D eigenvalue weighted by Gasteiger charge is -2.24. The van der Waals surface area contributed by atoms with Crippen molar-refractivity contribution in [2.45, 2.75) is 13.8 Å². The molecule has 0 unspecified atom stereocenters. The summed E-state index contributed by atoms with van der Waals surface area (Å²) < 4.78 is 0. The van der Waals surface area contributed by atoms with E-state index in [2.05, 4.69) is 17.9 Å². The Kier molecular flexibility index (Phi) is 4.25. The van der Waals surface area contributed by atoms with E-state index in [9.17, 15) is 5.11 Å². The topological polar surface area (TPSA) is 49.5 Å². The molecule has 2 aromatic rings. The smallest absolute Gasteiger partial charge is 0.117 e. The Balaban J connectivity index is 2.42. The number of rotatable bonds is 4. The van der Waals surface area contributed by atoms with Crippen LogP contribution < -0.4 is 10.6 Å². The number of anilines is 2. The average molecular weight is 286 g/mol. The van der Waals surface area contributed by atoms with Crippen molar-refractivity contribution >= 4 is 28.6 Å². The van der Waals surface area contributed by atoms with Gasteiger partial charge in [-0.2, -0.15) is 0 Å². The van der Waals surface area contributed by atoms with Crippen LogP contribution in [0, 0.1) is 6.92 Å². The van der Waals surface area contributed by atoms with Crippen molar-refractivity contribution in [2.75, 3.05) is 11.4 Å². The fourth-order valence-electron chi connectivity index (χ4n) is 2.27. The summed E-state index contributed by atoms with van der Waals surface area (Å²) in [6.07, 6.45) is 0. The summed E-state index contributed by atoms with van der Waals surface area (Å²) in [7, 11) is 0. The highest BCUT2D eigenvalue weighted by Crippen LogP contribution is 2.29. The van der Waals surface area contributed by atoms with Crippen LogP contribution in [-0.4, -0.2) is 16.6 Å². The van der Waals surface area contributed by atoms with E-state index in [0.717, 1.165) is 29.0 Å². The summed E-state index contributed by atoms with van der Waals surface area (Å²) in [5.74, 6) is 0.262. The van der Waals surface area contributed by atoms with E-state index < -0.39 is 0 Å². The second-order valence-corrected chi connectivity index (χ2v) is 5.07. The summed E-state index contributed by atoms with van der Waals surface area (Å²) >= 11 is 5.03. The minimum atomic E-state index is 0.262. The van der Waals surface area contributed by atoms with Gasteiger partial charge in [0.2, 0.25) is 0 Å². The Morgan fingerprint density at radius 3 is 2.45 bits per heavy atom. The number of nitrogens with zero attached hydrogens (tertiary/aromatic N) is 1. The molecule has 0 saturated heterocycles. The van der Waals surface area contributed by atoms with Crippen molar-refractivity contribution in [3.63, 3.8) is 0 Å². The maximum atomic E-state index is 9.62. The van der Waals surface area contributed by atoms with Gasteiger partial charge >= 0.3 is 0 Å². The van der Waals surface area contributed by atoms with E-state index in [1.807, 2.05) is 31.2 Å². The first-order chi connectivity index (χ1) is 9.52. The zero-order valence-corrected chi connectivity index (χ0v) is 12.4. The van der Waals surface area contributed by atoms with Crippen LogP contribution in [0.4, 0.5) is 11.4 Å². The lowest BCUT2D eigenvalue weighted by atomic mass is 10.1.